The molecule has 0 aliphatic carbocycles. The van der Waals surface area contributed by atoms with Gasteiger partial charge in [0.1, 0.15) is 4.90 Å². The van der Waals surface area contributed by atoms with Crippen LogP contribution in [0, 0.1) is 13.8 Å². The molecule has 112 valence electrons. The van der Waals surface area contributed by atoms with Gasteiger partial charge in [0, 0.05) is 6.07 Å². The molecule has 6 nitrogen and oxygen atoms in total. The molecule has 0 unspecified atom stereocenters. The van der Waals surface area contributed by atoms with Crippen molar-refractivity contribution in [2.24, 2.45) is 0 Å². The van der Waals surface area contributed by atoms with Crippen LogP contribution in [-0.4, -0.2) is 20.5 Å². The highest BCUT2D eigenvalue weighted by molar-refractivity contribution is 7.93. The van der Waals surface area contributed by atoms with Gasteiger partial charge in [-0.05, 0) is 31.0 Å². The fraction of sp³-hybridized carbons (Fsp3) is 0.214. The van der Waals surface area contributed by atoms with Crippen LogP contribution in [0.15, 0.2) is 35.4 Å². The van der Waals surface area contributed by atoms with Crippen molar-refractivity contribution in [1.82, 2.24) is 4.98 Å². The number of pyridine rings is 1. The number of methoxy groups -OCH3 is 1. The highest BCUT2D eigenvalue weighted by Crippen LogP contribution is 2.27. The minimum absolute atomic E-state index is 0.0957. The average Bonchev–Trinajstić information content (AvgIpc) is 2.43. The van der Waals surface area contributed by atoms with Gasteiger partial charge in [-0.15, -0.1) is 0 Å². The summed E-state index contributed by atoms with van der Waals surface area (Å²) in [5.41, 5.74) is 7.82. The third-order valence-corrected chi connectivity index (χ3v) is 4.66. The van der Waals surface area contributed by atoms with Gasteiger partial charge in [0.05, 0.1) is 24.7 Å². The minimum Gasteiger partial charge on any atom is -0.481 e. The number of sulfonamides is 1. The van der Waals surface area contributed by atoms with E-state index in [0.717, 1.165) is 0 Å². The van der Waals surface area contributed by atoms with E-state index < -0.39 is 10.0 Å². The van der Waals surface area contributed by atoms with Gasteiger partial charge in [0.2, 0.25) is 5.88 Å². The molecular formula is C14H17N3O3S. The number of nitrogen functional groups attached to an aromatic ring is 1. The van der Waals surface area contributed by atoms with E-state index >= 15 is 0 Å². The molecule has 1 aromatic heterocycles. The van der Waals surface area contributed by atoms with Gasteiger partial charge in [0.15, 0.2) is 0 Å². The van der Waals surface area contributed by atoms with Crippen LogP contribution < -0.4 is 15.2 Å². The molecule has 0 bridgehead atoms. The van der Waals surface area contributed by atoms with Gasteiger partial charge in [-0.2, -0.15) is 0 Å². The maximum absolute atomic E-state index is 12.5. The number of nitrogens with one attached hydrogen (secondary N) is 1. The Labute approximate surface area is 124 Å². The largest absolute Gasteiger partial charge is 0.481 e. The molecule has 0 radical (unpaired) electrons. The molecule has 21 heavy (non-hydrogen) atoms. The lowest BCUT2D eigenvalue weighted by atomic mass is 10.1. The number of aromatic nitrogens is 1. The number of anilines is 2. The van der Waals surface area contributed by atoms with Crippen molar-refractivity contribution in [3.63, 3.8) is 0 Å². The Hall–Kier alpha value is -2.28. The highest BCUT2D eigenvalue weighted by Gasteiger charge is 2.21. The summed E-state index contributed by atoms with van der Waals surface area (Å²) in [4.78, 5) is 4.05. The smallest absolute Gasteiger partial charge is 0.264 e. The van der Waals surface area contributed by atoms with E-state index in [4.69, 9.17) is 10.5 Å². The summed E-state index contributed by atoms with van der Waals surface area (Å²) in [5, 5.41) is 0. The molecule has 1 aromatic carbocycles. The molecular weight excluding hydrogens is 290 g/mol. The predicted octanol–water partition coefficient (Wildman–Crippen LogP) is 2.09. The van der Waals surface area contributed by atoms with Gasteiger partial charge >= 0.3 is 0 Å². The normalized spacial score (nSPS) is 11.2. The van der Waals surface area contributed by atoms with Crippen LogP contribution in [0.5, 0.6) is 5.88 Å². The minimum atomic E-state index is -3.77. The monoisotopic (exact) mass is 307 g/mol. The standard InChI is InChI=1S/C14H17N3O3S/c1-9-4-5-10(2)14(13(9)15)21(18,19)17-11-6-7-12(20-3)16-8-11/h4-8,17H,15H2,1-3H3. The van der Waals surface area contributed by atoms with Crippen molar-refractivity contribution < 1.29 is 13.2 Å². The number of nitrogens with two attached hydrogens (primary N) is 1. The van der Waals surface area contributed by atoms with E-state index in [0.29, 0.717) is 22.7 Å². The summed E-state index contributed by atoms with van der Waals surface area (Å²) >= 11 is 0. The predicted molar refractivity (Wildman–Crippen MR) is 81.9 cm³/mol. The second-order valence-electron chi connectivity index (χ2n) is 4.64. The molecule has 0 spiro atoms. The van der Waals surface area contributed by atoms with Crippen LogP contribution in [0.2, 0.25) is 0 Å². The molecule has 0 aliphatic heterocycles. The van der Waals surface area contributed by atoms with Crippen molar-refractivity contribution in [2.45, 2.75) is 18.7 Å². The number of hydrogen-bond donors (Lipinski definition) is 2. The third-order valence-electron chi connectivity index (χ3n) is 3.08. The summed E-state index contributed by atoms with van der Waals surface area (Å²) in [6, 6.07) is 6.67. The molecule has 0 saturated heterocycles. The topological polar surface area (TPSA) is 94.3 Å². The van der Waals surface area contributed by atoms with Crippen LogP contribution in [0.3, 0.4) is 0 Å². The second-order valence-corrected chi connectivity index (χ2v) is 6.26. The first-order valence-corrected chi connectivity index (χ1v) is 7.72. The van der Waals surface area contributed by atoms with Crippen LogP contribution in [0.25, 0.3) is 0 Å². The van der Waals surface area contributed by atoms with E-state index in [1.54, 1.807) is 38.1 Å². The molecule has 0 atom stereocenters. The van der Waals surface area contributed by atoms with Crippen molar-refractivity contribution in [3.8, 4) is 5.88 Å². The molecule has 3 N–H and O–H groups in total. The van der Waals surface area contributed by atoms with Crippen molar-refractivity contribution in [3.05, 3.63) is 41.6 Å². The molecule has 0 aliphatic rings. The maximum Gasteiger partial charge on any atom is 0.264 e. The molecule has 2 aromatic rings. The van der Waals surface area contributed by atoms with Crippen molar-refractivity contribution in [1.29, 1.82) is 0 Å². The first kappa shape index (κ1) is 15.1. The summed E-state index contributed by atoms with van der Waals surface area (Å²) in [5.74, 6) is 0.407. The molecule has 2 rings (SSSR count). The SMILES string of the molecule is COc1ccc(NS(=O)(=O)c2c(C)ccc(C)c2N)cn1. The number of rotatable bonds is 4. The first-order chi connectivity index (χ1) is 9.85. The molecule has 0 fully saturated rings. The molecule has 1 heterocycles. The number of aryl methyl sites for hydroxylation is 2. The van der Waals surface area contributed by atoms with Crippen molar-refractivity contribution >= 4 is 21.4 Å². The van der Waals surface area contributed by atoms with Gasteiger partial charge in [-0.1, -0.05) is 12.1 Å². The Morgan fingerprint density at radius 1 is 1.14 bits per heavy atom. The van der Waals surface area contributed by atoms with Gasteiger partial charge in [-0.3, -0.25) is 4.72 Å². The average molecular weight is 307 g/mol. The Morgan fingerprint density at radius 3 is 2.38 bits per heavy atom. The number of benzene rings is 1. The summed E-state index contributed by atoms with van der Waals surface area (Å²) in [6.07, 6.45) is 1.39. The van der Waals surface area contributed by atoms with E-state index in [2.05, 4.69) is 9.71 Å². The lowest BCUT2D eigenvalue weighted by molar-refractivity contribution is 0.398. The Morgan fingerprint density at radius 2 is 1.81 bits per heavy atom. The van der Waals surface area contributed by atoms with E-state index in [1.165, 1.54) is 13.3 Å². The van der Waals surface area contributed by atoms with E-state index in [-0.39, 0.29) is 10.6 Å². The van der Waals surface area contributed by atoms with E-state index in [9.17, 15) is 8.42 Å². The number of ether oxygens (including phenoxy) is 1. The number of nitrogens with zero attached hydrogens (tertiary/aromatic N) is 1. The zero-order valence-electron chi connectivity index (χ0n) is 12.0. The second kappa shape index (κ2) is 5.61. The Balaban J connectivity index is 2.41. The molecule has 7 heteroatoms. The fourth-order valence-corrected chi connectivity index (χ4v) is 3.41. The van der Waals surface area contributed by atoms with Crippen molar-refractivity contribution in [2.75, 3.05) is 17.6 Å². The Bertz CT molecular complexity index is 756. The molecule has 0 amide bonds. The van der Waals surface area contributed by atoms with Gasteiger partial charge < -0.3 is 10.5 Å². The summed E-state index contributed by atoms with van der Waals surface area (Å²) < 4.78 is 32.4. The van der Waals surface area contributed by atoms with Crippen LogP contribution in [0.4, 0.5) is 11.4 Å². The number of hydrogen-bond acceptors (Lipinski definition) is 5. The molecule has 0 saturated carbocycles. The van der Waals surface area contributed by atoms with Gasteiger partial charge in [-0.25, -0.2) is 13.4 Å². The van der Waals surface area contributed by atoms with Gasteiger partial charge in [0.25, 0.3) is 10.0 Å². The quantitative estimate of drug-likeness (QED) is 0.843. The van der Waals surface area contributed by atoms with Crippen LogP contribution in [-0.2, 0) is 10.0 Å². The summed E-state index contributed by atoms with van der Waals surface area (Å²) in [7, 11) is -2.28. The fourth-order valence-electron chi connectivity index (χ4n) is 1.93. The zero-order chi connectivity index (χ0) is 15.6. The highest BCUT2D eigenvalue weighted by atomic mass is 32.2. The van der Waals surface area contributed by atoms with Crippen LogP contribution >= 0.6 is 0 Å². The zero-order valence-corrected chi connectivity index (χ0v) is 12.9. The maximum atomic E-state index is 12.5. The Kier molecular flexibility index (Phi) is 4.04. The lowest BCUT2D eigenvalue weighted by Crippen LogP contribution is -2.17. The lowest BCUT2D eigenvalue weighted by Gasteiger charge is -2.14. The first-order valence-electron chi connectivity index (χ1n) is 6.23. The van der Waals surface area contributed by atoms with Crippen LogP contribution in [0.1, 0.15) is 11.1 Å². The third kappa shape index (κ3) is 3.08. The van der Waals surface area contributed by atoms with E-state index in [1.807, 2.05) is 0 Å². The summed E-state index contributed by atoms with van der Waals surface area (Å²) in [6.45, 7) is 3.47.